The highest BCUT2D eigenvalue weighted by Gasteiger charge is 2.18. The molecule has 0 amide bonds. The smallest absolute Gasteiger partial charge is 0.166 e. The average molecular weight is 279 g/mol. The summed E-state index contributed by atoms with van der Waals surface area (Å²) in [4.78, 5) is 11.6. The highest BCUT2D eigenvalue weighted by molar-refractivity contribution is 6.31. The van der Waals surface area contributed by atoms with Gasteiger partial charge in [-0.1, -0.05) is 18.5 Å². The Bertz CT molecular complexity index is 434. The number of ether oxygens (including phenoxy) is 1. The number of halogens is 3. The van der Waals surface area contributed by atoms with Crippen LogP contribution >= 0.6 is 11.6 Å². The standard InChI is InChI=1S/C12H13ClF2O3/c1-2-11(17)8-3-9(13)10(15)4-12(8)18-7(5-14)6-16/h3-4,7,16H,2,5-6H2,1H3/t7-/m0/s1. The number of alkyl halides is 1. The Morgan fingerprint density at radius 1 is 1.56 bits per heavy atom. The van der Waals surface area contributed by atoms with E-state index in [4.69, 9.17) is 21.4 Å². The number of aliphatic hydroxyl groups is 1. The third-order valence-corrected chi connectivity index (χ3v) is 2.60. The summed E-state index contributed by atoms with van der Waals surface area (Å²) < 4.78 is 30.8. The molecule has 0 saturated carbocycles. The largest absolute Gasteiger partial charge is 0.484 e. The van der Waals surface area contributed by atoms with Crippen LogP contribution in [-0.4, -0.2) is 30.3 Å². The molecule has 6 heteroatoms. The van der Waals surface area contributed by atoms with Crippen molar-refractivity contribution in [3.05, 3.63) is 28.5 Å². The van der Waals surface area contributed by atoms with Crippen LogP contribution in [0.25, 0.3) is 0 Å². The number of aliphatic hydroxyl groups excluding tert-OH is 1. The Balaban J connectivity index is 3.14. The molecule has 0 radical (unpaired) electrons. The number of ketones is 1. The predicted molar refractivity (Wildman–Crippen MR) is 63.5 cm³/mol. The van der Waals surface area contributed by atoms with Crippen molar-refractivity contribution < 1.29 is 23.4 Å². The summed E-state index contributed by atoms with van der Waals surface area (Å²) in [5.74, 6) is -1.18. The van der Waals surface area contributed by atoms with Crippen molar-refractivity contribution in [3.63, 3.8) is 0 Å². The zero-order chi connectivity index (χ0) is 13.7. The van der Waals surface area contributed by atoms with E-state index in [1.165, 1.54) is 0 Å². The molecule has 0 aliphatic carbocycles. The van der Waals surface area contributed by atoms with Gasteiger partial charge in [0.2, 0.25) is 0 Å². The van der Waals surface area contributed by atoms with Crippen molar-refractivity contribution in [2.45, 2.75) is 19.4 Å². The van der Waals surface area contributed by atoms with Crippen molar-refractivity contribution in [2.75, 3.05) is 13.3 Å². The molecule has 3 nitrogen and oxygen atoms in total. The molecule has 1 N–H and O–H groups in total. The van der Waals surface area contributed by atoms with Crippen LogP contribution in [0, 0.1) is 5.82 Å². The third kappa shape index (κ3) is 3.40. The molecule has 0 saturated heterocycles. The Morgan fingerprint density at radius 3 is 2.72 bits per heavy atom. The summed E-state index contributed by atoms with van der Waals surface area (Å²) in [6.07, 6.45) is -0.952. The van der Waals surface area contributed by atoms with E-state index in [1.807, 2.05) is 0 Å². The molecule has 1 rings (SSSR count). The maximum Gasteiger partial charge on any atom is 0.166 e. The summed E-state index contributed by atoms with van der Waals surface area (Å²) >= 11 is 5.58. The van der Waals surface area contributed by atoms with Crippen LogP contribution in [0.3, 0.4) is 0 Å². The summed E-state index contributed by atoms with van der Waals surface area (Å²) in [6, 6.07) is 2.06. The monoisotopic (exact) mass is 278 g/mol. The zero-order valence-electron chi connectivity index (χ0n) is 9.75. The molecular formula is C12H13ClF2O3. The van der Waals surface area contributed by atoms with E-state index in [0.29, 0.717) is 0 Å². The van der Waals surface area contributed by atoms with Crippen LogP contribution in [0.1, 0.15) is 23.7 Å². The lowest BCUT2D eigenvalue weighted by atomic mass is 10.1. The lowest BCUT2D eigenvalue weighted by molar-refractivity contribution is 0.0878. The number of benzene rings is 1. The average Bonchev–Trinajstić information content (AvgIpc) is 2.38. The van der Waals surface area contributed by atoms with E-state index in [-0.39, 0.29) is 28.5 Å². The van der Waals surface area contributed by atoms with Crippen molar-refractivity contribution in [1.82, 2.24) is 0 Å². The number of hydrogen-bond acceptors (Lipinski definition) is 3. The van der Waals surface area contributed by atoms with Gasteiger partial charge in [-0.05, 0) is 6.07 Å². The van der Waals surface area contributed by atoms with E-state index < -0.39 is 25.2 Å². The normalized spacial score (nSPS) is 12.3. The van der Waals surface area contributed by atoms with Crippen LogP contribution in [0.2, 0.25) is 5.02 Å². The van der Waals surface area contributed by atoms with Gasteiger partial charge >= 0.3 is 0 Å². The van der Waals surface area contributed by atoms with E-state index in [9.17, 15) is 13.6 Å². The van der Waals surface area contributed by atoms with Gasteiger partial charge in [0.25, 0.3) is 0 Å². The first-order valence-corrected chi connectivity index (χ1v) is 5.77. The fourth-order valence-electron chi connectivity index (χ4n) is 1.33. The summed E-state index contributed by atoms with van der Waals surface area (Å²) in [6.45, 7) is 0.114. The fraction of sp³-hybridized carbons (Fsp3) is 0.417. The molecular weight excluding hydrogens is 266 g/mol. The number of rotatable bonds is 6. The highest BCUT2D eigenvalue weighted by Crippen LogP contribution is 2.28. The Kier molecular flexibility index (Phi) is 5.50. The Labute approximate surface area is 108 Å². The first kappa shape index (κ1) is 14.9. The summed E-state index contributed by atoms with van der Waals surface area (Å²) in [5, 5.41) is 8.62. The maximum absolute atomic E-state index is 13.3. The van der Waals surface area contributed by atoms with Gasteiger partial charge in [-0.2, -0.15) is 0 Å². The van der Waals surface area contributed by atoms with Crippen molar-refractivity contribution in [2.24, 2.45) is 0 Å². The second kappa shape index (κ2) is 6.66. The molecule has 18 heavy (non-hydrogen) atoms. The quantitative estimate of drug-likeness (QED) is 0.814. The molecule has 0 unspecified atom stereocenters. The highest BCUT2D eigenvalue weighted by atomic mass is 35.5. The third-order valence-electron chi connectivity index (χ3n) is 2.31. The van der Waals surface area contributed by atoms with Gasteiger partial charge < -0.3 is 9.84 Å². The van der Waals surface area contributed by atoms with Crippen molar-refractivity contribution in [1.29, 1.82) is 0 Å². The van der Waals surface area contributed by atoms with E-state index in [1.54, 1.807) is 6.92 Å². The first-order chi connectivity index (χ1) is 8.53. The summed E-state index contributed by atoms with van der Waals surface area (Å²) in [5.41, 5.74) is 0.0794. The second-order valence-electron chi connectivity index (χ2n) is 3.62. The molecule has 0 aliphatic rings. The fourth-order valence-corrected chi connectivity index (χ4v) is 1.50. The van der Waals surface area contributed by atoms with Gasteiger partial charge in [0.15, 0.2) is 5.78 Å². The summed E-state index contributed by atoms with van der Waals surface area (Å²) in [7, 11) is 0. The van der Waals surface area contributed by atoms with Crippen molar-refractivity contribution in [3.8, 4) is 5.75 Å². The molecule has 0 aliphatic heterocycles. The van der Waals surface area contributed by atoms with Gasteiger partial charge in [-0.3, -0.25) is 4.79 Å². The molecule has 0 bridgehead atoms. The zero-order valence-corrected chi connectivity index (χ0v) is 10.5. The van der Waals surface area contributed by atoms with E-state index in [0.717, 1.165) is 12.1 Å². The molecule has 1 aromatic carbocycles. The van der Waals surface area contributed by atoms with Crippen LogP contribution in [0.15, 0.2) is 12.1 Å². The van der Waals surface area contributed by atoms with Gasteiger partial charge in [-0.25, -0.2) is 8.78 Å². The topological polar surface area (TPSA) is 46.5 Å². The lowest BCUT2D eigenvalue weighted by Gasteiger charge is -2.16. The molecule has 1 atom stereocenters. The SMILES string of the molecule is CCC(=O)c1cc(Cl)c(F)cc1O[C@H](CO)CF. The van der Waals surface area contributed by atoms with Crippen LogP contribution < -0.4 is 4.74 Å². The minimum atomic E-state index is -1.13. The lowest BCUT2D eigenvalue weighted by Crippen LogP contribution is -2.24. The van der Waals surface area contributed by atoms with Gasteiger partial charge in [0, 0.05) is 12.5 Å². The maximum atomic E-state index is 13.3. The molecule has 0 heterocycles. The van der Waals surface area contributed by atoms with Crippen LogP contribution in [-0.2, 0) is 0 Å². The van der Waals surface area contributed by atoms with Gasteiger partial charge in [0.1, 0.15) is 24.3 Å². The molecule has 1 aromatic rings. The van der Waals surface area contributed by atoms with Crippen LogP contribution in [0.4, 0.5) is 8.78 Å². The number of hydrogen-bond donors (Lipinski definition) is 1. The molecule has 0 aromatic heterocycles. The minimum absolute atomic E-state index is 0.0794. The molecule has 0 fully saturated rings. The van der Waals surface area contributed by atoms with Gasteiger partial charge in [0.05, 0.1) is 17.2 Å². The van der Waals surface area contributed by atoms with Gasteiger partial charge in [-0.15, -0.1) is 0 Å². The molecule has 0 spiro atoms. The number of Topliss-reactive ketones (excluding diaryl/α,β-unsaturated/α-hetero) is 1. The van der Waals surface area contributed by atoms with E-state index in [2.05, 4.69) is 0 Å². The van der Waals surface area contributed by atoms with E-state index >= 15 is 0 Å². The van der Waals surface area contributed by atoms with Crippen molar-refractivity contribution >= 4 is 17.4 Å². The minimum Gasteiger partial charge on any atom is -0.484 e. The number of carbonyl (C=O) groups is 1. The van der Waals surface area contributed by atoms with Crippen LogP contribution in [0.5, 0.6) is 5.75 Å². The second-order valence-corrected chi connectivity index (χ2v) is 4.02. The molecule has 100 valence electrons. The Hall–Kier alpha value is -1.20. The Morgan fingerprint density at radius 2 is 2.22 bits per heavy atom. The first-order valence-electron chi connectivity index (χ1n) is 5.39. The predicted octanol–water partition coefficient (Wildman–Crippen LogP) is 2.78. The number of carbonyl (C=O) groups excluding carboxylic acids is 1.